The second-order valence-electron chi connectivity index (χ2n) is 11.4. The van der Waals surface area contributed by atoms with E-state index in [0.29, 0.717) is 23.2 Å². The van der Waals surface area contributed by atoms with Crippen LogP contribution in [0.1, 0.15) is 71.0 Å². The topological polar surface area (TPSA) is 131 Å². The molecule has 3 aromatic rings. The highest BCUT2D eigenvalue weighted by Crippen LogP contribution is 2.29. The van der Waals surface area contributed by atoms with E-state index >= 15 is 0 Å². The van der Waals surface area contributed by atoms with Crippen LogP contribution >= 0.6 is 0 Å². The van der Waals surface area contributed by atoms with Crippen LogP contribution in [-0.4, -0.2) is 46.4 Å². The molecule has 0 aromatic heterocycles. The summed E-state index contributed by atoms with van der Waals surface area (Å²) in [4.78, 5) is 54.4. The molecule has 0 saturated carbocycles. The third kappa shape index (κ3) is 9.07. The number of amides is 4. The van der Waals surface area contributed by atoms with Crippen molar-refractivity contribution >= 4 is 40.3 Å². The predicted octanol–water partition coefficient (Wildman–Crippen LogP) is 5.29. The van der Waals surface area contributed by atoms with E-state index in [-0.39, 0.29) is 12.8 Å². The van der Waals surface area contributed by atoms with Crippen molar-refractivity contribution in [2.45, 2.75) is 77.6 Å². The lowest BCUT2D eigenvalue weighted by atomic mass is 9.98. The lowest BCUT2D eigenvalue weighted by molar-refractivity contribution is -0.143. The van der Waals surface area contributed by atoms with Gasteiger partial charge in [0.05, 0.1) is 0 Å². The summed E-state index contributed by atoms with van der Waals surface area (Å²) in [6.07, 6.45) is 5.01. The van der Waals surface area contributed by atoms with E-state index in [0.717, 1.165) is 10.8 Å². The van der Waals surface area contributed by atoms with Gasteiger partial charge in [-0.3, -0.25) is 14.4 Å². The first-order valence-electron chi connectivity index (χ1n) is 14.3. The van der Waals surface area contributed by atoms with Crippen molar-refractivity contribution < 1.29 is 23.9 Å². The van der Waals surface area contributed by atoms with Crippen molar-refractivity contribution in [2.75, 3.05) is 5.32 Å². The molecule has 43 heavy (non-hydrogen) atoms. The molecule has 0 saturated heterocycles. The molecule has 3 atom stereocenters. The highest BCUT2D eigenvalue weighted by Gasteiger charge is 2.38. The predicted molar refractivity (Wildman–Crippen MR) is 168 cm³/mol. The highest BCUT2D eigenvalue weighted by molar-refractivity contribution is 6.00. The maximum absolute atomic E-state index is 14.3. The van der Waals surface area contributed by atoms with Crippen LogP contribution in [0.25, 0.3) is 10.8 Å². The van der Waals surface area contributed by atoms with E-state index in [1.54, 1.807) is 51.1 Å². The Morgan fingerprint density at radius 1 is 1.00 bits per heavy atom. The van der Waals surface area contributed by atoms with Gasteiger partial charge in [-0.1, -0.05) is 55.3 Å². The van der Waals surface area contributed by atoms with Gasteiger partial charge < -0.3 is 26.0 Å². The summed E-state index contributed by atoms with van der Waals surface area (Å²) in [6, 6.07) is 17.4. The van der Waals surface area contributed by atoms with Crippen LogP contribution in [0.3, 0.4) is 0 Å². The van der Waals surface area contributed by atoms with Crippen LogP contribution in [-0.2, 0) is 19.1 Å². The van der Waals surface area contributed by atoms with Gasteiger partial charge in [0.1, 0.15) is 17.7 Å². The lowest BCUT2D eigenvalue weighted by Crippen LogP contribution is -2.55. The quantitative estimate of drug-likeness (QED) is 0.264. The molecule has 0 bridgehead atoms. The number of nitrogens with one attached hydrogen (secondary N) is 2. The number of alkyl carbamates (subject to hydrolysis) is 1. The fourth-order valence-corrected chi connectivity index (χ4v) is 4.65. The molecular weight excluding hydrogens is 544 g/mol. The molecule has 0 fully saturated rings. The van der Waals surface area contributed by atoms with Crippen LogP contribution < -0.4 is 16.4 Å². The average Bonchev–Trinajstić information content (AvgIpc) is 2.96. The Bertz CT molecular complexity index is 1500. The average molecular weight is 585 g/mol. The Morgan fingerprint density at radius 2 is 1.65 bits per heavy atom. The number of carbonyl (C=O) groups is 4. The number of anilines is 1. The Kier molecular flexibility index (Phi) is 10.9. The SMILES string of the molecule is C#Cc1ccc(C(C(=O)Nc2ccc3ccccc3c2)N(C(=O)C(CCC(N)=O)NC(=O)OC(C)(C)C)C(C)CC)cc1. The van der Waals surface area contributed by atoms with E-state index in [1.165, 1.54) is 4.90 Å². The fraction of sp³-hybridized carbons (Fsp3) is 0.353. The molecule has 0 heterocycles. The molecule has 3 rings (SSSR count). The Morgan fingerprint density at radius 3 is 2.23 bits per heavy atom. The number of rotatable bonds is 11. The first-order chi connectivity index (χ1) is 20.3. The Balaban J connectivity index is 2.07. The molecule has 0 aliphatic heterocycles. The molecule has 9 nitrogen and oxygen atoms in total. The first kappa shape index (κ1) is 32.7. The third-order valence-corrected chi connectivity index (χ3v) is 6.93. The number of nitrogens with zero attached hydrogens (tertiary/aromatic N) is 1. The number of benzene rings is 3. The largest absolute Gasteiger partial charge is 0.444 e. The molecule has 0 spiro atoms. The summed E-state index contributed by atoms with van der Waals surface area (Å²) in [5.41, 5.74) is 6.28. The summed E-state index contributed by atoms with van der Waals surface area (Å²) in [5.74, 6) is 0.925. The summed E-state index contributed by atoms with van der Waals surface area (Å²) in [6.45, 7) is 8.81. The van der Waals surface area contributed by atoms with E-state index in [1.807, 2.05) is 50.2 Å². The van der Waals surface area contributed by atoms with Crippen molar-refractivity contribution in [2.24, 2.45) is 5.73 Å². The number of ether oxygens (including phenoxy) is 1. The number of nitrogens with two attached hydrogens (primary N) is 1. The summed E-state index contributed by atoms with van der Waals surface area (Å²) < 4.78 is 5.39. The number of terminal acetylenes is 1. The van der Waals surface area contributed by atoms with Gasteiger partial charge in [0.15, 0.2) is 0 Å². The van der Waals surface area contributed by atoms with Crippen LogP contribution in [0.2, 0.25) is 0 Å². The molecule has 0 radical (unpaired) electrons. The smallest absolute Gasteiger partial charge is 0.408 e. The van der Waals surface area contributed by atoms with Crippen molar-refractivity contribution in [3.05, 3.63) is 77.9 Å². The van der Waals surface area contributed by atoms with Crippen molar-refractivity contribution in [3.8, 4) is 12.3 Å². The number of fused-ring (bicyclic) bond motifs is 1. The summed E-state index contributed by atoms with van der Waals surface area (Å²) >= 11 is 0. The minimum Gasteiger partial charge on any atom is -0.444 e. The van der Waals surface area contributed by atoms with Crippen LogP contribution in [0.5, 0.6) is 0 Å². The van der Waals surface area contributed by atoms with Gasteiger partial charge >= 0.3 is 6.09 Å². The molecule has 0 aliphatic carbocycles. The minimum atomic E-state index is -1.18. The van der Waals surface area contributed by atoms with Crippen LogP contribution in [0.4, 0.5) is 10.5 Å². The number of hydrogen-bond donors (Lipinski definition) is 3. The van der Waals surface area contributed by atoms with Gasteiger partial charge in [-0.05, 0) is 81.1 Å². The van der Waals surface area contributed by atoms with E-state index in [4.69, 9.17) is 16.9 Å². The van der Waals surface area contributed by atoms with Crippen molar-refractivity contribution in [3.63, 3.8) is 0 Å². The zero-order valence-corrected chi connectivity index (χ0v) is 25.3. The molecular formula is C34H40N4O5. The second kappa shape index (κ2) is 14.4. The normalized spacial score (nSPS) is 13.2. The zero-order valence-electron chi connectivity index (χ0n) is 25.3. The first-order valence-corrected chi connectivity index (χ1v) is 14.3. The molecule has 0 aliphatic rings. The monoisotopic (exact) mass is 584 g/mol. The third-order valence-electron chi connectivity index (χ3n) is 6.93. The van der Waals surface area contributed by atoms with Gasteiger partial charge in [-0.15, -0.1) is 6.42 Å². The van der Waals surface area contributed by atoms with Gasteiger partial charge in [-0.2, -0.15) is 0 Å². The molecule has 3 aromatic carbocycles. The van der Waals surface area contributed by atoms with Gasteiger partial charge in [0.25, 0.3) is 5.91 Å². The van der Waals surface area contributed by atoms with E-state index < -0.39 is 47.5 Å². The molecule has 9 heteroatoms. The summed E-state index contributed by atoms with van der Waals surface area (Å²) in [7, 11) is 0. The number of carbonyl (C=O) groups excluding carboxylic acids is 4. The molecule has 4 N–H and O–H groups in total. The zero-order chi connectivity index (χ0) is 31.7. The molecule has 4 amide bonds. The van der Waals surface area contributed by atoms with Gasteiger partial charge in [0.2, 0.25) is 11.8 Å². The Labute approximate surface area is 253 Å². The van der Waals surface area contributed by atoms with Crippen molar-refractivity contribution in [1.29, 1.82) is 0 Å². The van der Waals surface area contributed by atoms with Gasteiger partial charge in [-0.25, -0.2) is 4.79 Å². The van der Waals surface area contributed by atoms with Crippen molar-refractivity contribution in [1.82, 2.24) is 10.2 Å². The van der Waals surface area contributed by atoms with E-state index in [2.05, 4.69) is 16.6 Å². The van der Waals surface area contributed by atoms with Crippen LogP contribution in [0, 0.1) is 12.3 Å². The van der Waals surface area contributed by atoms with Gasteiger partial charge in [0, 0.05) is 23.7 Å². The standard InChI is InChI=1S/C34H40N4O5/c1-7-22(3)38(32(41)28(19-20-29(35)39)37-33(42)43-34(4,5)6)30(25-15-13-23(8-2)14-16-25)31(40)36-27-18-17-24-11-9-10-12-26(24)21-27/h2,9-18,21-22,28,30H,7,19-20H2,1,3-6H3,(H2,35,39)(H,36,40)(H,37,42). The number of hydrogen-bond acceptors (Lipinski definition) is 5. The highest BCUT2D eigenvalue weighted by atomic mass is 16.6. The van der Waals surface area contributed by atoms with Crippen LogP contribution in [0.15, 0.2) is 66.7 Å². The lowest BCUT2D eigenvalue weighted by Gasteiger charge is -2.38. The molecule has 3 unspecified atom stereocenters. The maximum atomic E-state index is 14.3. The van der Waals surface area contributed by atoms with E-state index in [9.17, 15) is 19.2 Å². The summed E-state index contributed by atoms with van der Waals surface area (Å²) in [5, 5.41) is 7.54. The maximum Gasteiger partial charge on any atom is 0.408 e. The second-order valence-corrected chi connectivity index (χ2v) is 11.4. The number of primary amides is 1. The Hall–Kier alpha value is -4.84. The minimum absolute atomic E-state index is 0.0740. The fourth-order valence-electron chi connectivity index (χ4n) is 4.65. The molecule has 226 valence electrons.